The van der Waals surface area contributed by atoms with E-state index in [0.717, 1.165) is 0 Å². The van der Waals surface area contributed by atoms with Gasteiger partial charge in [0.25, 0.3) is 15.0 Å². The van der Waals surface area contributed by atoms with Crippen molar-refractivity contribution in [3.63, 3.8) is 0 Å². The molecule has 4 nitrogen and oxygen atoms in total. The van der Waals surface area contributed by atoms with Crippen LogP contribution in [0.15, 0.2) is 51.8 Å². The van der Waals surface area contributed by atoms with Gasteiger partial charge in [-0.2, -0.15) is 0 Å². The van der Waals surface area contributed by atoms with Gasteiger partial charge in [-0.25, -0.2) is 12.8 Å². The topological polar surface area (TPSA) is 63.2 Å². The van der Waals surface area contributed by atoms with Gasteiger partial charge in [0, 0.05) is 26.4 Å². The zero-order chi connectivity index (χ0) is 15.6. The Morgan fingerprint density at radius 3 is 2.29 bits per heavy atom. The van der Waals surface area contributed by atoms with Crippen LogP contribution in [0.5, 0.6) is 0 Å². The molecule has 0 saturated carbocycles. The molecule has 0 aliphatic heterocycles. The number of carbonyl (C=O) groups excluding carboxylic acids is 1. The van der Waals surface area contributed by atoms with Crippen LogP contribution in [0.4, 0.5) is 10.1 Å². The highest BCUT2D eigenvalue weighted by Gasteiger charge is 2.15. The van der Waals surface area contributed by atoms with Crippen molar-refractivity contribution in [2.45, 2.75) is 4.90 Å². The molecule has 0 spiro atoms. The Morgan fingerprint density at radius 1 is 1.14 bits per heavy atom. The fourth-order valence-corrected chi connectivity index (χ4v) is 3.80. The van der Waals surface area contributed by atoms with E-state index in [-0.39, 0.29) is 14.9 Å². The molecular weight excluding hydrogens is 385 g/mol. The second kappa shape index (κ2) is 6.13. The lowest BCUT2D eigenvalue weighted by Gasteiger charge is -2.07. The maximum absolute atomic E-state index is 12.8. The van der Waals surface area contributed by atoms with Crippen molar-refractivity contribution in [3.8, 4) is 0 Å². The lowest BCUT2D eigenvalue weighted by atomic mass is 10.2. The highest BCUT2D eigenvalue weighted by Crippen LogP contribution is 2.28. The Labute approximate surface area is 133 Å². The minimum absolute atomic E-state index is 0.0936. The van der Waals surface area contributed by atoms with E-state index in [2.05, 4.69) is 21.2 Å². The molecule has 0 heterocycles. The molecule has 0 aromatic heterocycles. The first-order valence-corrected chi connectivity index (χ1v) is 8.69. The van der Waals surface area contributed by atoms with Gasteiger partial charge in [-0.15, -0.1) is 0 Å². The summed E-state index contributed by atoms with van der Waals surface area (Å²) in [6.07, 6.45) is 0. The second-order valence-electron chi connectivity index (χ2n) is 4.04. The van der Waals surface area contributed by atoms with Crippen LogP contribution >= 0.6 is 26.6 Å². The number of benzene rings is 2. The molecular formula is C13H8BrClFNO3S. The predicted octanol–water partition coefficient (Wildman–Crippen LogP) is 3.77. The molecule has 0 bridgehead atoms. The Kier molecular flexibility index (Phi) is 4.65. The van der Waals surface area contributed by atoms with Crippen LogP contribution in [0.3, 0.4) is 0 Å². The monoisotopic (exact) mass is 391 g/mol. The van der Waals surface area contributed by atoms with E-state index in [1.165, 1.54) is 42.5 Å². The summed E-state index contributed by atoms with van der Waals surface area (Å²) in [4.78, 5) is 11.8. The minimum Gasteiger partial charge on any atom is -0.322 e. The third kappa shape index (κ3) is 4.03. The summed E-state index contributed by atoms with van der Waals surface area (Å²) in [5.74, 6) is -0.880. The van der Waals surface area contributed by atoms with Crippen molar-refractivity contribution < 1.29 is 17.6 Å². The number of halogens is 3. The lowest BCUT2D eigenvalue weighted by Crippen LogP contribution is -2.12. The van der Waals surface area contributed by atoms with E-state index in [0.29, 0.717) is 5.69 Å². The van der Waals surface area contributed by atoms with Crippen LogP contribution in [0.2, 0.25) is 0 Å². The highest BCUT2D eigenvalue weighted by molar-refractivity contribution is 9.10. The van der Waals surface area contributed by atoms with E-state index in [1.54, 1.807) is 0 Å². The predicted molar refractivity (Wildman–Crippen MR) is 81.5 cm³/mol. The number of hydrogen-bond acceptors (Lipinski definition) is 3. The van der Waals surface area contributed by atoms with E-state index in [9.17, 15) is 17.6 Å². The van der Waals surface area contributed by atoms with Gasteiger partial charge in [-0.05, 0) is 58.4 Å². The van der Waals surface area contributed by atoms with Gasteiger partial charge < -0.3 is 5.32 Å². The van der Waals surface area contributed by atoms with E-state index >= 15 is 0 Å². The zero-order valence-electron chi connectivity index (χ0n) is 10.3. The highest BCUT2D eigenvalue weighted by atomic mass is 79.9. The first kappa shape index (κ1) is 15.9. The summed E-state index contributed by atoms with van der Waals surface area (Å²) in [6.45, 7) is 0. The molecule has 0 saturated heterocycles. The number of rotatable bonds is 3. The number of nitrogens with one attached hydrogen (secondary N) is 1. The first-order valence-electron chi connectivity index (χ1n) is 5.58. The second-order valence-corrected chi connectivity index (χ2v) is 7.43. The van der Waals surface area contributed by atoms with Gasteiger partial charge in [0.15, 0.2) is 0 Å². The maximum Gasteiger partial charge on any atom is 0.262 e. The summed E-state index contributed by atoms with van der Waals surface area (Å²) in [5, 5.41) is 2.57. The summed E-state index contributed by atoms with van der Waals surface area (Å²) < 4.78 is 35.5. The van der Waals surface area contributed by atoms with Crippen LogP contribution in [-0.2, 0) is 9.05 Å². The number of amides is 1. The lowest BCUT2D eigenvalue weighted by molar-refractivity contribution is 0.102. The van der Waals surface area contributed by atoms with Crippen LogP contribution in [-0.4, -0.2) is 14.3 Å². The van der Waals surface area contributed by atoms with Crippen LogP contribution in [0.1, 0.15) is 10.4 Å². The van der Waals surface area contributed by atoms with Crippen molar-refractivity contribution in [1.29, 1.82) is 0 Å². The third-order valence-electron chi connectivity index (χ3n) is 2.56. The molecule has 0 fully saturated rings. The summed E-state index contributed by atoms with van der Waals surface area (Å²) in [6, 6.07) is 9.13. The van der Waals surface area contributed by atoms with Gasteiger partial charge in [0.05, 0.1) is 4.90 Å². The molecule has 8 heteroatoms. The molecule has 2 aromatic rings. The van der Waals surface area contributed by atoms with Crippen LogP contribution in [0, 0.1) is 5.82 Å². The average Bonchev–Trinajstić information content (AvgIpc) is 2.37. The van der Waals surface area contributed by atoms with Crippen molar-refractivity contribution in [3.05, 3.63) is 58.3 Å². The van der Waals surface area contributed by atoms with E-state index in [1.807, 2.05) is 0 Å². The number of carbonyl (C=O) groups is 1. The average molecular weight is 393 g/mol. The normalized spacial score (nSPS) is 11.2. The quantitative estimate of drug-likeness (QED) is 0.809. The molecule has 0 aliphatic rings. The fourth-order valence-electron chi connectivity index (χ4n) is 1.58. The zero-order valence-corrected chi connectivity index (χ0v) is 13.5. The standard InChI is InChI=1S/C13H8BrClFNO3S/c14-11-7-10(5-6-12(11)21(15,19)20)17-13(18)8-1-3-9(16)4-2-8/h1-7H,(H,17,18). The summed E-state index contributed by atoms with van der Waals surface area (Å²) in [7, 11) is 1.39. The first-order chi connectivity index (χ1) is 9.77. The molecule has 0 unspecified atom stereocenters. The van der Waals surface area contributed by atoms with Gasteiger partial charge >= 0.3 is 0 Å². The third-order valence-corrected chi connectivity index (χ3v) is 4.86. The number of hydrogen-bond donors (Lipinski definition) is 1. The molecule has 1 N–H and O–H groups in total. The molecule has 2 aromatic carbocycles. The molecule has 1 amide bonds. The largest absolute Gasteiger partial charge is 0.322 e. The fraction of sp³-hybridized carbons (Fsp3) is 0. The summed E-state index contributed by atoms with van der Waals surface area (Å²) >= 11 is 3.07. The Bertz CT molecular complexity index is 794. The molecule has 0 atom stereocenters. The maximum atomic E-state index is 12.8. The Balaban J connectivity index is 2.22. The van der Waals surface area contributed by atoms with Crippen LogP contribution in [0.25, 0.3) is 0 Å². The van der Waals surface area contributed by atoms with Gasteiger partial charge in [0.2, 0.25) is 0 Å². The molecule has 0 aliphatic carbocycles. The van der Waals surface area contributed by atoms with Gasteiger partial charge in [0.1, 0.15) is 5.82 Å². The van der Waals surface area contributed by atoms with Crippen molar-refractivity contribution >= 4 is 47.3 Å². The Morgan fingerprint density at radius 2 is 1.76 bits per heavy atom. The van der Waals surface area contributed by atoms with Gasteiger partial charge in [-0.3, -0.25) is 4.79 Å². The number of anilines is 1. The molecule has 110 valence electrons. The van der Waals surface area contributed by atoms with Crippen LogP contribution < -0.4 is 5.32 Å². The smallest absolute Gasteiger partial charge is 0.262 e. The SMILES string of the molecule is O=C(Nc1ccc(S(=O)(=O)Cl)c(Br)c1)c1ccc(F)cc1. The van der Waals surface area contributed by atoms with Crippen molar-refractivity contribution in [2.75, 3.05) is 5.32 Å². The molecule has 2 rings (SSSR count). The Hall–Kier alpha value is -1.44. The molecule has 0 radical (unpaired) electrons. The van der Waals surface area contributed by atoms with E-state index in [4.69, 9.17) is 10.7 Å². The van der Waals surface area contributed by atoms with Crippen molar-refractivity contribution in [2.24, 2.45) is 0 Å². The van der Waals surface area contributed by atoms with Crippen molar-refractivity contribution in [1.82, 2.24) is 0 Å². The van der Waals surface area contributed by atoms with Gasteiger partial charge in [-0.1, -0.05) is 0 Å². The minimum atomic E-state index is -3.86. The van der Waals surface area contributed by atoms with E-state index < -0.39 is 20.8 Å². The summed E-state index contributed by atoms with van der Waals surface area (Å²) in [5.41, 5.74) is 0.654. The molecule has 21 heavy (non-hydrogen) atoms.